The smallest absolute Gasteiger partial charge is 0.138 e. The van der Waals surface area contributed by atoms with Gasteiger partial charge >= 0.3 is 0 Å². The highest BCUT2D eigenvalue weighted by molar-refractivity contribution is 5.45. The SMILES string of the molecule is CC(C)(C)c1nc(N)cc(NCc2ccccc2)n1. The van der Waals surface area contributed by atoms with Gasteiger partial charge in [0.05, 0.1) is 0 Å². The van der Waals surface area contributed by atoms with Gasteiger partial charge in [0.15, 0.2) is 0 Å². The molecule has 19 heavy (non-hydrogen) atoms. The van der Waals surface area contributed by atoms with Crippen molar-refractivity contribution >= 4 is 11.6 Å². The average molecular weight is 256 g/mol. The number of aromatic nitrogens is 2. The minimum atomic E-state index is -0.113. The van der Waals surface area contributed by atoms with Crippen molar-refractivity contribution < 1.29 is 0 Å². The predicted octanol–water partition coefficient (Wildman–Crippen LogP) is 2.97. The van der Waals surface area contributed by atoms with Crippen LogP contribution >= 0.6 is 0 Å². The number of rotatable bonds is 3. The van der Waals surface area contributed by atoms with Crippen molar-refractivity contribution in [2.75, 3.05) is 11.1 Å². The first-order valence-electron chi connectivity index (χ1n) is 6.38. The second-order valence-corrected chi connectivity index (χ2v) is 5.59. The van der Waals surface area contributed by atoms with E-state index < -0.39 is 0 Å². The molecule has 0 saturated heterocycles. The summed E-state index contributed by atoms with van der Waals surface area (Å²) in [4.78, 5) is 8.80. The summed E-state index contributed by atoms with van der Waals surface area (Å²) in [6.45, 7) is 6.94. The third-order valence-electron chi connectivity index (χ3n) is 2.73. The van der Waals surface area contributed by atoms with Crippen LogP contribution in [0.15, 0.2) is 36.4 Å². The molecule has 0 atom stereocenters. The lowest BCUT2D eigenvalue weighted by molar-refractivity contribution is 0.547. The average Bonchev–Trinajstić information content (AvgIpc) is 2.36. The van der Waals surface area contributed by atoms with Crippen LogP contribution in [0.2, 0.25) is 0 Å². The number of nitrogens with zero attached hydrogens (tertiary/aromatic N) is 2. The van der Waals surface area contributed by atoms with Crippen LogP contribution in [0.3, 0.4) is 0 Å². The van der Waals surface area contributed by atoms with E-state index in [0.29, 0.717) is 5.82 Å². The van der Waals surface area contributed by atoms with Crippen LogP contribution in [0.4, 0.5) is 11.6 Å². The third kappa shape index (κ3) is 3.68. The monoisotopic (exact) mass is 256 g/mol. The summed E-state index contributed by atoms with van der Waals surface area (Å²) in [6.07, 6.45) is 0. The van der Waals surface area contributed by atoms with E-state index in [1.807, 2.05) is 18.2 Å². The quantitative estimate of drug-likeness (QED) is 0.886. The summed E-state index contributed by atoms with van der Waals surface area (Å²) >= 11 is 0. The maximum atomic E-state index is 5.83. The van der Waals surface area contributed by atoms with Crippen LogP contribution in [0.25, 0.3) is 0 Å². The number of hydrogen-bond acceptors (Lipinski definition) is 4. The van der Waals surface area contributed by atoms with Crippen molar-refractivity contribution in [3.05, 3.63) is 47.8 Å². The van der Waals surface area contributed by atoms with Crippen molar-refractivity contribution in [3.63, 3.8) is 0 Å². The minimum absolute atomic E-state index is 0.113. The molecule has 0 spiro atoms. The Morgan fingerprint density at radius 1 is 1.11 bits per heavy atom. The maximum Gasteiger partial charge on any atom is 0.138 e. The molecule has 0 radical (unpaired) electrons. The van der Waals surface area contributed by atoms with Crippen LogP contribution in [-0.2, 0) is 12.0 Å². The lowest BCUT2D eigenvalue weighted by Crippen LogP contribution is -2.18. The summed E-state index contributed by atoms with van der Waals surface area (Å²) in [5.74, 6) is 2.01. The van der Waals surface area contributed by atoms with Crippen molar-refractivity contribution in [2.45, 2.75) is 32.7 Å². The Kier molecular flexibility index (Phi) is 3.69. The van der Waals surface area contributed by atoms with Gasteiger partial charge in [0.2, 0.25) is 0 Å². The fourth-order valence-electron chi connectivity index (χ4n) is 1.68. The standard InChI is InChI=1S/C15H20N4/c1-15(2,3)14-18-12(16)9-13(19-14)17-10-11-7-5-4-6-8-11/h4-9H,10H2,1-3H3,(H3,16,17,18,19). The number of hydrogen-bond donors (Lipinski definition) is 2. The van der Waals surface area contributed by atoms with Gasteiger partial charge in [-0.3, -0.25) is 0 Å². The lowest BCUT2D eigenvalue weighted by atomic mass is 9.96. The largest absolute Gasteiger partial charge is 0.384 e. The first-order chi connectivity index (χ1) is 8.95. The fraction of sp³-hybridized carbons (Fsp3) is 0.333. The number of benzene rings is 1. The first kappa shape index (κ1) is 13.3. The van der Waals surface area contributed by atoms with Gasteiger partial charge in [-0.2, -0.15) is 0 Å². The van der Waals surface area contributed by atoms with Crippen molar-refractivity contribution in [3.8, 4) is 0 Å². The normalized spacial score (nSPS) is 11.3. The molecule has 0 bridgehead atoms. The van der Waals surface area contributed by atoms with Gasteiger partial charge < -0.3 is 11.1 Å². The van der Waals surface area contributed by atoms with Crippen LogP contribution in [-0.4, -0.2) is 9.97 Å². The summed E-state index contributed by atoms with van der Waals surface area (Å²) in [7, 11) is 0. The van der Waals surface area contributed by atoms with Crippen molar-refractivity contribution in [2.24, 2.45) is 0 Å². The molecule has 1 aromatic carbocycles. The lowest BCUT2D eigenvalue weighted by Gasteiger charge is -2.18. The molecule has 2 rings (SSSR count). The molecule has 2 aromatic rings. The van der Waals surface area contributed by atoms with Gasteiger partial charge in [0.25, 0.3) is 0 Å². The predicted molar refractivity (Wildman–Crippen MR) is 78.9 cm³/mol. The van der Waals surface area contributed by atoms with E-state index in [2.05, 4.69) is 48.2 Å². The zero-order chi connectivity index (χ0) is 13.9. The molecule has 0 aliphatic heterocycles. The van der Waals surface area contributed by atoms with E-state index in [9.17, 15) is 0 Å². The molecule has 100 valence electrons. The number of anilines is 2. The zero-order valence-corrected chi connectivity index (χ0v) is 11.6. The minimum Gasteiger partial charge on any atom is -0.384 e. The maximum absolute atomic E-state index is 5.83. The van der Waals surface area contributed by atoms with Gasteiger partial charge in [-0.05, 0) is 5.56 Å². The molecule has 4 heteroatoms. The highest BCUT2D eigenvalue weighted by atomic mass is 15.1. The molecule has 0 saturated carbocycles. The summed E-state index contributed by atoms with van der Waals surface area (Å²) < 4.78 is 0. The Hall–Kier alpha value is -2.10. The zero-order valence-electron chi connectivity index (χ0n) is 11.6. The van der Waals surface area contributed by atoms with Gasteiger partial charge in [-0.25, -0.2) is 9.97 Å². The van der Waals surface area contributed by atoms with Gasteiger partial charge in [0.1, 0.15) is 17.5 Å². The number of nitrogens with two attached hydrogens (primary N) is 1. The Morgan fingerprint density at radius 2 is 1.79 bits per heavy atom. The topological polar surface area (TPSA) is 63.8 Å². The molecule has 0 fully saturated rings. The molecule has 4 nitrogen and oxygen atoms in total. The summed E-state index contributed by atoms with van der Waals surface area (Å²) in [5.41, 5.74) is 6.93. The molecule has 0 aliphatic carbocycles. The van der Waals surface area contributed by atoms with Crippen LogP contribution in [0.1, 0.15) is 32.2 Å². The van der Waals surface area contributed by atoms with E-state index in [1.54, 1.807) is 6.07 Å². The van der Waals surface area contributed by atoms with Crippen LogP contribution in [0.5, 0.6) is 0 Å². The summed E-state index contributed by atoms with van der Waals surface area (Å²) in [5, 5.41) is 3.28. The fourth-order valence-corrected chi connectivity index (χ4v) is 1.68. The van der Waals surface area contributed by atoms with E-state index in [4.69, 9.17) is 5.73 Å². The van der Waals surface area contributed by atoms with Crippen molar-refractivity contribution in [1.29, 1.82) is 0 Å². The Morgan fingerprint density at radius 3 is 2.42 bits per heavy atom. The van der Waals surface area contributed by atoms with E-state index >= 15 is 0 Å². The summed E-state index contributed by atoms with van der Waals surface area (Å²) in [6, 6.07) is 11.9. The highest BCUT2D eigenvalue weighted by Crippen LogP contribution is 2.21. The Balaban J connectivity index is 2.15. The molecule has 0 unspecified atom stereocenters. The molecule has 1 heterocycles. The Bertz CT molecular complexity index is 544. The Labute approximate surface area is 114 Å². The molecular formula is C15H20N4. The second kappa shape index (κ2) is 5.26. The number of nitrogen functional groups attached to an aromatic ring is 1. The second-order valence-electron chi connectivity index (χ2n) is 5.59. The van der Waals surface area contributed by atoms with Crippen LogP contribution in [0, 0.1) is 0 Å². The molecule has 0 aliphatic rings. The van der Waals surface area contributed by atoms with Crippen molar-refractivity contribution in [1.82, 2.24) is 9.97 Å². The number of nitrogens with one attached hydrogen (secondary N) is 1. The van der Waals surface area contributed by atoms with E-state index in [0.717, 1.165) is 18.2 Å². The van der Waals surface area contributed by atoms with E-state index in [1.165, 1.54) is 5.56 Å². The third-order valence-corrected chi connectivity index (χ3v) is 2.73. The molecule has 0 amide bonds. The molecular weight excluding hydrogens is 236 g/mol. The first-order valence-corrected chi connectivity index (χ1v) is 6.38. The molecule has 3 N–H and O–H groups in total. The van der Waals surface area contributed by atoms with Gasteiger partial charge in [0, 0.05) is 18.0 Å². The van der Waals surface area contributed by atoms with Gasteiger partial charge in [-0.15, -0.1) is 0 Å². The highest BCUT2D eigenvalue weighted by Gasteiger charge is 2.18. The van der Waals surface area contributed by atoms with Gasteiger partial charge in [-0.1, -0.05) is 51.1 Å². The van der Waals surface area contributed by atoms with Crippen LogP contribution < -0.4 is 11.1 Å². The van der Waals surface area contributed by atoms with E-state index in [-0.39, 0.29) is 5.41 Å². The molecule has 1 aromatic heterocycles.